The highest BCUT2D eigenvalue weighted by Gasteiger charge is 2.28. The number of anilines is 2. The van der Waals surface area contributed by atoms with Gasteiger partial charge < -0.3 is 15.0 Å². The van der Waals surface area contributed by atoms with Crippen LogP contribution in [0, 0.1) is 12.7 Å². The van der Waals surface area contributed by atoms with Crippen molar-refractivity contribution in [2.75, 3.05) is 23.9 Å². The van der Waals surface area contributed by atoms with Gasteiger partial charge in [-0.25, -0.2) is 4.39 Å². The fourth-order valence-corrected chi connectivity index (χ4v) is 3.61. The van der Waals surface area contributed by atoms with Crippen LogP contribution in [0.25, 0.3) is 0 Å². The lowest BCUT2D eigenvalue weighted by Gasteiger charge is -2.34. The van der Waals surface area contributed by atoms with Crippen LogP contribution in [-0.2, 0) is 24.2 Å². The quantitative estimate of drug-likeness (QED) is 0.631. The highest BCUT2D eigenvalue weighted by atomic mass is 19.1. The van der Waals surface area contributed by atoms with Crippen molar-refractivity contribution >= 4 is 17.3 Å². The monoisotopic (exact) mass is 423 g/mol. The summed E-state index contributed by atoms with van der Waals surface area (Å²) < 4.78 is 20.4. The Morgan fingerprint density at radius 1 is 1.23 bits per heavy atom. The number of pyridine rings is 1. The summed E-state index contributed by atoms with van der Waals surface area (Å²) in [5.74, 6) is 0.347. The van der Waals surface area contributed by atoms with Gasteiger partial charge in [-0.15, -0.1) is 0 Å². The molecule has 7 nitrogen and oxygen atoms in total. The second-order valence-corrected chi connectivity index (χ2v) is 7.78. The minimum atomic E-state index is -0.279. The van der Waals surface area contributed by atoms with E-state index in [4.69, 9.17) is 4.74 Å². The molecule has 0 spiro atoms. The van der Waals surface area contributed by atoms with Crippen LogP contribution in [0.4, 0.5) is 15.8 Å². The number of ether oxygens (including phenoxy) is 1. The maximum Gasteiger partial charge on any atom is 0.246 e. The fourth-order valence-electron chi connectivity index (χ4n) is 3.61. The van der Waals surface area contributed by atoms with Gasteiger partial charge in [-0.1, -0.05) is 0 Å². The first-order valence-corrected chi connectivity index (χ1v) is 10.3. The van der Waals surface area contributed by atoms with Crippen LogP contribution in [0.15, 0.2) is 42.7 Å². The van der Waals surface area contributed by atoms with Gasteiger partial charge >= 0.3 is 0 Å². The molecule has 0 saturated carbocycles. The molecule has 8 heteroatoms. The topological polar surface area (TPSA) is 72.3 Å². The Morgan fingerprint density at radius 3 is 2.77 bits per heavy atom. The number of benzene rings is 1. The van der Waals surface area contributed by atoms with Gasteiger partial charge in [-0.2, -0.15) is 5.10 Å². The second-order valence-electron chi connectivity index (χ2n) is 7.78. The minimum Gasteiger partial charge on any atom is -0.492 e. The molecule has 1 aromatic carbocycles. The summed E-state index contributed by atoms with van der Waals surface area (Å²) in [6.07, 6.45) is 5.46. The number of carbonyl (C=O) groups is 1. The molecule has 0 fully saturated rings. The van der Waals surface area contributed by atoms with Crippen LogP contribution < -0.4 is 15.0 Å². The van der Waals surface area contributed by atoms with E-state index >= 15 is 0 Å². The third kappa shape index (κ3) is 4.68. The molecule has 0 aliphatic carbocycles. The summed E-state index contributed by atoms with van der Waals surface area (Å²) in [6.45, 7) is 4.87. The highest BCUT2D eigenvalue weighted by molar-refractivity contribution is 6.03. The normalized spacial score (nSPS) is 15.5. The Balaban J connectivity index is 1.34. The summed E-state index contributed by atoms with van der Waals surface area (Å²) in [5.41, 5.74) is 4.73. The molecule has 1 amide bonds. The number of rotatable bonds is 7. The Morgan fingerprint density at radius 2 is 2.00 bits per heavy atom. The number of hydrogen-bond acceptors (Lipinski definition) is 5. The SMILES string of the molecule is Cc1nc(CCc2cnn(CCOc3ccc(F)cc3)c2)cc2c1NC(=O)[C@H](C)N2C. The molecule has 1 N–H and O–H groups in total. The van der Waals surface area contributed by atoms with Gasteiger partial charge in [0.05, 0.1) is 29.8 Å². The zero-order valence-corrected chi connectivity index (χ0v) is 17.9. The van der Waals surface area contributed by atoms with Gasteiger partial charge in [0, 0.05) is 18.9 Å². The Hall–Kier alpha value is -3.42. The lowest BCUT2D eigenvalue weighted by atomic mass is 10.1. The van der Waals surface area contributed by atoms with E-state index in [2.05, 4.69) is 21.5 Å². The number of amides is 1. The summed E-state index contributed by atoms with van der Waals surface area (Å²) in [7, 11) is 1.93. The van der Waals surface area contributed by atoms with Crippen molar-refractivity contribution in [3.05, 3.63) is 65.5 Å². The first kappa shape index (κ1) is 20.8. The first-order valence-electron chi connectivity index (χ1n) is 10.3. The Kier molecular flexibility index (Phi) is 5.88. The average molecular weight is 423 g/mol. The predicted molar refractivity (Wildman–Crippen MR) is 117 cm³/mol. The third-order valence-corrected chi connectivity index (χ3v) is 5.58. The lowest BCUT2D eigenvalue weighted by Crippen LogP contribution is -2.44. The van der Waals surface area contributed by atoms with Crippen molar-refractivity contribution in [1.82, 2.24) is 14.8 Å². The molecule has 162 valence electrons. The highest BCUT2D eigenvalue weighted by Crippen LogP contribution is 2.33. The van der Waals surface area contributed by atoms with E-state index in [0.717, 1.165) is 41.2 Å². The van der Waals surface area contributed by atoms with Gasteiger partial charge in [-0.3, -0.25) is 14.5 Å². The first-order chi connectivity index (χ1) is 14.9. The van der Waals surface area contributed by atoms with E-state index in [-0.39, 0.29) is 17.8 Å². The molecule has 0 saturated heterocycles. The smallest absolute Gasteiger partial charge is 0.246 e. The molecule has 2 aromatic heterocycles. The van der Waals surface area contributed by atoms with E-state index in [1.807, 2.05) is 42.9 Å². The van der Waals surface area contributed by atoms with E-state index in [9.17, 15) is 9.18 Å². The lowest BCUT2D eigenvalue weighted by molar-refractivity contribution is -0.117. The number of aromatic nitrogens is 3. The van der Waals surface area contributed by atoms with E-state index in [1.165, 1.54) is 12.1 Å². The number of hydrogen-bond donors (Lipinski definition) is 1. The third-order valence-electron chi connectivity index (χ3n) is 5.58. The van der Waals surface area contributed by atoms with Crippen LogP contribution in [0.1, 0.15) is 23.9 Å². The molecule has 1 aliphatic heterocycles. The van der Waals surface area contributed by atoms with Gasteiger partial charge in [0.1, 0.15) is 24.2 Å². The summed E-state index contributed by atoms with van der Waals surface area (Å²) in [5, 5.41) is 7.35. The van der Waals surface area contributed by atoms with Gasteiger partial charge in [0.2, 0.25) is 5.91 Å². The number of nitrogens with zero attached hydrogens (tertiary/aromatic N) is 4. The van der Waals surface area contributed by atoms with E-state index in [0.29, 0.717) is 18.9 Å². The molecule has 0 unspecified atom stereocenters. The van der Waals surface area contributed by atoms with E-state index in [1.54, 1.807) is 12.1 Å². The second kappa shape index (κ2) is 8.75. The molecule has 1 aliphatic rings. The van der Waals surface area contributed by atoms with Crippen molar-refractivity contribution in [3.8, 4) is 5.75 Å². The number of aryl methyl sites for hydroxylation is 3. The van der Waals surface area contributed by atoms with Crippen LogP contribution in [0.3, 0.4) is 0 Å². The largest absolute Gasteiger partial charge is 0.492 e. The Labute approximate surface area is 180 Å². The van der Waals surface area contributed by atoms with Crippen LogP contribution >= 0.6 is 0 Å². The molecular weight excluding hydrogens is 397 g/mol. The van der Waals surface area contributed by atoms with Gasteiger partial charge in [0.15, 0.2) is 0 Å². The van der Waals surface area contributed by atoms with Crippen molar-refractivity contribution in [2.24, 2.45) is 0 Å². The summed E-state index contributed by atoms with van der Waals surface area (Å²) in [6, 6.07) is 7.83. The molecule has 0 bridgehead atoms. The number of fused-ring (bicyclic) bond motifs is 1. The maximum absolute atomic E-state index is 12.9. The summed E-state index contributed by atoms with van der Waals surface area (Å²) >= 11 is 0. The van der Waals surface area contributed by atoms with Crippen LogP contribution in [0.2, 0.25) is 0 Å². The maximum atomic E-state index is 12.9. The van der Waals surface area contributed by atoms with Crippen LogP contribution in [0.5, 0.6) is 5.75 Å². The standard InChI is InChI=1S/C23H26FN5O2/c1-15-22-21(28(3)16(2)23(30)27-22)12-19(26-15)7-4-17-13-25-29(14-17)10-11-31-20-8-5-18(24)6-9-20/h5-6,8-9,12-14,16H,4,7,10-11H2,1-3H3,(H,27,30)/t16-/m0/s1. The van der Waals surface area contributed by atoms with Gasteiger partial charge in [-0.05, 0) is 62.6 Å². The predicted octanol–water partition coefficient (Wildman–Crippen LogP) is 3.37. The van der Waals surface area contributed by atoms with Crippen molar-refractivity contribution < 1.29 is 13.9 Å². The molecule has 31 heavy (non-hydrogen) atoms. The number of carbonyl (C=O) groups excluding carboxylic acids is 1. The van der Waals surface area contributed by atoms with Gasteiger partial charge in [0.25, 0.3) is 0 Å². The Bertz CT molecular complexity index is 1080. The molecule has 4 rings (SSSR count). The average Bonchev–Trinajstić information content (AvgIpc) is 3.21. The molecule has 3 heterocycles. The molecular formula is C23H26FN5O2. The van der Waals surface area contributed by atoms with Crippen LogP contribution in [-0.4, -0.2) is 40.4 Å². The number of nitrogens with one attached hydrogen (secondary N) is 1. The number of halogens is 1. The zero-order valence-electron chi connectivity index (χ0n) is 17.9. The molecule has 0 radical (unpaired) electrons. The zero-order chi connectivity index (χ0) is 22.0. The fraction of sp³-hybridized carbons (Fsp3) is 0.348. The summed E-state index contributed by atoms with van der Waals surface area (Å²) in [4.78, 5) is 18.7. The van der Waals surface area contributed by atoms with E-state index < -0.39 is 0 Å². The number of likely N-dealkylation sites (N-methyl/N-ethyl adjacent to an activating group) is 1. The van der Waals surface area contributed by atoms with Crippen molar-refractivity contribution in [1.29, 1.82) is 0 Å². The minimum absolute atomic E-state index is 0.0107. The van der Waals surface area contributed by atoms with Crippen molar-refractivity contribution in [3.63, 3.8) is 0 Å². The molecule has 1 atom stereocenters. The molecule has 3 aromatic rings. The van der Waals surface area contributed by atoms with Crippen molar-refractivity contribution in [2.45, 2.75) is 39.3 Å².